The van der Waals surface area contributed by atoms with E-state index in [2.05, 4.69) is 10.6 Å². The summed E-state index contributed by atoms with van der Waals surface area (Å²) in [4.78, 5) is 24.3. The Morgan fingerprint density at radius 1 is 1.48 bits per heavy atom. The molecule has 4 N–H and O–H groups in total. The summed E-state index contributed by atoms with van der Waals surface area (Å²) in [6.45, 7) is 0.634. The average Bonchev–Trinajstić information content (AvgIpc) is 2.79. The summed E-state index contributed by atoms with van der Waals surface area (Å²) in [5, 5.41) is 5.92. The second-order valence-corrected chi connectivity index (χ2v) is 6.00. The van der Waals surface area contributed by atoms with E-state index in [0.717, 1.165) is 11.1 Å². The zero-order valence-corrected chi connectivity index (χ0v) is 11.9. The quantitative estimate of drug-likeness (QED) is 0.788. The van der Waals surface area contributed by atoms with Gasteiger partial charge in [0.2, 0.25) is 5.91 Å². The van der Waals surface area contributed by atoms with Crippen molar-refractivity contribution >= 4 is 38.9 Å². The lowest BCUT2D eigenvalue weighted by Crippen LogP contribution is -2.50. The van der Waals surface area contributed by atoms with Gasteiger partial charge < -0.3 is 16.4 Å². The molecule has 0 saturated carbocycles. The van der Waals surface area contributed by atoms with Crippen molar-refractivity contribution in [3.8, 4) is 0 Å². The molecule has 1 saturated heterocycles. The smallest absolute Gasteiger partial charge is 0.264 e. The van der Waals surface area contributed by atoms with Crippen molar-refractivity contribution in [3.63, 3.8) is 0 Å². The van der Waals surface area contributed by atoms with Crippen molar-refractivity contribution in [2.75, 3.05) is 12.3 Å². The Morgan fingerprint density at radius 3 is 3.05 bits per heavy atom. The average molecular weight is 307 g/mol. The van der Waals surface area contributed by atoms with Gasteiger partial charge in [0.25, 0.3) is 5.91 Å². The molecule has 3 rings (SSSR count). The third-order valence-electron chi connectivity index (χ3n) is 3.49. The van der Waals surface area contributed by atoms with E-state index in [9.17, 15) is 14.0 Å². The van der Waals surface area contributed by atoms with E-state index in [-0.39, 0.29) is 11.6 Å². The van der Waals surface area contributed by atoms with Crippen LogP contribution in [-0.4, -0.2) is 24.4 Å². The van der Waals surface area contributed by atoms with E-state index in [0.29, 0.717) is 23.2 Å². The Kier molecular flexibility index (Phi) is 3.50. The minimum Gasteiger partial charge on any atom is -0.397 e. The first-order valence-electron chi connectivity index (χ1n) is 6.62. The van der Waals surface area contributed by atoms with E-state index >= 15 is 0 Å². The predicted molar refractivity (Wildman–Crippen MR) is 79.7 cm³/mol. The fourth-order valence-corrected chi connectivity index (χ4v) is 3.40. The van der Waals surface area contributed by atoms with Gasteiger partial charge >= 0.3 is 0 Å². The first-order chi connectivity index (χ1) is 10.1. The van der Waals surface area contributed by atoms with Crippen molar-refractivity contribution in [1.29, 1.82) is 0 Å². The van der Waals surface area contributed by atoms with Gasteiger partial charge in [0.15, 0.2) is 0 Å². The normalized spacial score (nSPS) is 18.5. The van der Waals surface area contributed by atoms with Crippen LogP contribution >= 0.6 is 11.3 Å². The van der Waals surface area contributed by atoms with Crippen LogP contribution < -0.4 is 16.4 Å². The standard InChI is InChI=1S/C14H14FN3O2S/c15-7-3-4-10-8(6-7)11(16)12(21-10)14(20)18-9-2-1-5-17-13(9)19/h3-4,6,9H,1-2,5,16H2,(H,17,19)(H,18,20). The first-order valence-corrected chi connectivity index (χ1v) is 7.44. The molecule has 21 heavy (non-hydrogen) atoms. The summed E-state index contributed by atoms with van der Waals surface area (Å²) in [7, 11) is 0. The Morgan fingerprint density at radius 2 is 2.29 bits per heavy atom. The van der Waals surface area contributed by atoms with Gasteiger partial charge in [-0.2, -0.15) is 0 Å². The number of fused-ring (bicyclic) bond motifs is 1. The van der Waals surface area contributed by atoms with Crippen LogP contribution in [0.4, 0.5) is 10.1 Å². The van der Waals surface area contributed by atoms with Crippen LogP contribution in [0.5, 0.6) is 0 Å². The van der Waals surface area contributed by atoms with E-state index in [4.69, 9.17) is 5.73 Å². The third-order valence-corrected chi connectivity index (χ3v) is 4.67. The number of nitrogen functional groups attached to an aromatic ring is 1. The van der Waals surface area contributed by atoms with E-state index < -0.39 is 17.8 Å². The Labute approximate surface area is 124 Å². The molecule has 0 aliphatic carbocycles. The number of piperidine rings is 1. The van der Waals surface area contributed by atoms with Gasteiger partial charge in [-0.3, -0.25) is 9.59 Å². The zero-order chi connectivity index (χ0) is 15.0. The Hall–Kier alpha value is -2.15. The Balaban J connectivity index is 1.87. The van der Waals surface area contributed by atoms with Crippen LogP contribution in [0.2, 0.25) is 0 Å². The molecule has 110 valence electrons. The van der Waals surface area contributed by atoms with Crippen molar-refractivity contribution in [2.45, 2.75) is 18.9 Å². The van der Waals surface area contributed by atoms with Crippen LogP contribution in [0.1, 0.15) is 22.5 Å². The molecule has 1 atom stereocenters. The fourth-order valence-electron chi connectivity index (χ4n) is 2.39. The topological polar surface area (TPSA) is 84.2 Å². The lowest BCUT2D eigenvalue weighted by atomic mass is 10.1. The highest BCUT2D eigenvalue weighted by atomic mass is 32.1. The summed E-state index contributed by atoms with van der Waals surface area (Å²) in [5.74, 6) is -0.970. The van der Waals surface area contributed by atoms with Gasteiger partial charge in [0, 0.05) is 16.6 Å². The maximum atomic E-state index is 13.2. The molecule has 0 bridgehead atoms. The number of carbonyl (C=O) groups excluding carboxylic acids is 2. The van der Waals surface area contributed by atoms with Gasteiger partial charge in [-0.05, 0) is 31.0 Å². The van der Waals surface area contributed by atoms with Crippen molar-refractivity contribution in [1.82, 2.24) is 10.6 Å². The summed E-state index contributed by atoms with van der Waals surface area (Å²) in [6.07, 6.45) is 1.43. The number of nitrogens with one attached hydrogen (secondary N) is 2. The molecule has 0 spiro atoms. The molecule has 1 aliphatic rings. The molecule has 5 nitrogen and oxygen atoms in total. The monoisotopic (exact) mass is 307 g/mol. The molecule has 0 radical (unpaired) electrons. The molecular weight excluding hydrogens is 293 g/mol. The zero-order valence-electron chi connectivity index (χ0n) is 11.1. The SMILES string of the molecule is Nc1c(C(=O)NC2CCCNC2=O)sc2ccc(F)cc12. The maximum Gasteiger partial charge on any atom is 0.264 e. The highest BCUT2D eigenvalue weighted by Gasteiger charge is 2.26. The van der Waals surface area contributed by atoms with Crippen LogP contribution in [0.3, 0.4) is 0 Å². The number of anilines is 1. The van der Waals surface area contributed by atoms with Gasteiger partial charge in [0.1, 0.15) is 16.7 Å². The molecule has 2 aromatic rings. The number of nitrogens with two attached hydrogens (primary N) is 1. The van der Waals surface area contributed by atoms with Crippen LogP contribution in [-0.2, 0) is 4.79 Å². The molecule has 1 aliphatic heterocycles. The van der Waals surface area contributed by atoms with Gasteiger partial charge in [-0.25, -0.2) is 4.39 Å². The second kappa shape index (κ2) is 5.33. The van der Waals surface area contributed by atoms with E-state index in [1.165, 1.54) is 23.5 Å². The lowest BCUT2D eigenvalue weighted by molar-refractivity contribution is -0.124. The van der Waals surface area contributed by atoms with Crippen molar-refractivity contribution in [2.24, 2.45) is 0 Å². The minimum absolute atomic E-state index is 0.180. The molecular formula is C14H14FN3O2S. The molecule has 2 amide bonds. The van der Waals surface area contributed by atoms with Crippen molar-refractivity contribution < 1.29 is 14.0 Å². The number of thiophene rings is 1. The number of rotatable bonds is 2. The fraction of sp³-hybridized carbons (Fsp3) is 0.286. The summed E-state index contributed by atoms with van der Waals surface area (Å²) in [5.41, 5.74) is 6.18. The second-order valence-electron chi connectivity index (χ2n) is 4.94. The van der Waals surface area contributed by atoms with E-state index in [1.54, 1.807) is 6.07 Å². The van der Waals surface area contributed by atoms with E-state index in [1.807, 2.05) is 0 Å². The maximum absolute atomic E-state index is 13.2. The largest absolute Gasteiger partial charge is 0.397 e. The van der Waals surface area contributed by atoms with Crippen LogP contribution in [0, 0.1) is 5.82 Å². The molecule has 7 heteroatoms. The van der Waals surface area contributed by atoms with Gasteiger partial charge in [-0.15, -0.1) is 11.3 Å². The molecule has 1 aromatic heterocycles. The highest BCUT2D eigenvalue weighted by molar-refractivity contribution is 7.21. The number of benzene rings is 1. The van der Waals surface area contributed by atoms with Gasteiger partial charge in [-0.1, -0.05) is 0 Å². The summed E-state index contributed by atoms with van der Waals surface area (Å²) < 4.78 is 14.0. The number of hydrogen-bond acceptors (Lipinski definition) is 4. The molecule has 1 fully saturated rings. The highest BCUT2D eigenvalue weighted by Crippen LogP contribution is 2.34. The number of halogens is 1. The minimum atomic E-state index is -0.535. The Bertz CT molecular complexity index is 728. The summed E-state index contributed by atoms with van der Waals surface area (Å²) in [6, 6.07) is 3.70. The number of carbonyl (C=O) groups is 2. The lowest BCUT2D eigenvalue weighted by Gasteiger charge is -2.22. The van der Waals surface area contributed by atoms with Crippen LogP contribution in [0.25, 0.3) is 10.1 Å². The summed E-state index contributed by atoms with van der Waals surface area (Å²) >= 11 is 1.20. The van der Waals surface area contributed by atoms with Gasteiger partial charge in [0.05, 0.1) is 5.69 Å². The first kappa shape index (κ1) is 13.8. The third kappa shape index (κ3) is 2.56. The molecule has 1 aromatic carbocycles. The predicted octanol–water partition coefficient (Wildman–Crippen LogP) is 1.63. The number of amides is 2. The molecule has 1 unspecified atom stereocenters. The van der Waals surface area contributed by atoms with Crippen LogP contribution in [0.15, 0.2) is 18.2 Å². The van der Waals surface area contributed by atoms with Crippen molar-refractivity contribution in [3.05, 3.63) is 28.9 Å². The molecule has 2 heterocycles. The number of hydrogen-bond donors (Lipinski definition) is 3.